The van der Waals surface area contributed by atoms with Gasteiger partial charge in [0.25, 0.3) is 11.6 Å². The molecule has 4 rings (SSSR count). The van der Waals surface area contributed by atoms with E-state index in [9.17, 15) is 19.7 Å². The van der Waals surface area contributed by atoms with Gasteiger partial charge in [-0.15, -0.1) is 0 Å². The van der Waals surface area contributed by atoms with Crippen LogP contribution in [-0.2, 0) is 4.79 Å². The van der Waals surface area contributed by atoms with Crippen LogP contribution in [-0.4, -0.2) is 31.5 Å². The number of rotatable bonds is 6. The Morgan fingerprint density at radius 1 is 1.07 bits per heavy atom. The highest BCUT2D eigenvalue weighted by Crippen LogP contribution is 2.30. The molecule has 29 heavy (non-hydrogen) atoms. The summed E-state index contributed by atoms with van der Waals surface area (Å²) in [6, 6.07) is 10.8. The first-order valence-corrected chi connectivity index (χ1v) is 8.87. The van der Waals surface area contributed by atoms with Gasteiger partial charge in [0.1, 0.15) is 18.3 Å². The van der Waals surface area contributed by atoms with Gasteiger partial charge in [0.05, 0.1) is 4.92 Å². The van der Waals surface area contributed by atoms with Crippen LogP contribution in [0, 0.1) is 16.0 Å². The number of carbonyl (C=O) groups is 2. The van der Waals surface area contributed by atoms with Crippen molar-refractivity contribution < 1.29 is 14.5 Å². The van der Waals surface area contributed by atoms with E-state index < -0.39 is 10.8 Å². The van der Waals surface area contributed by atoms with Gasteiger partial charge in [-0.3, -0.25) is 19.7 Å². The number of anilines is 2. The SMILES string of the molecule is O=C(Nc1ccc(NC(=O)C2CC2)cc1)c1ccc(-n2cncn2)c([N+](=O)[O-])c1. The van der Waals surface area contributed by atoms with E-state index in [2.05, 4.69) is 20.7 Å². The van der Waals surface area contributed by atoms with Gasteiger partial charge >= 0.3 is 0 Å². The standard InChI is InChI=1S/C19H16N6O4/c26-18(12-1-2-12)22-14-4-6-15(7-5-14)23-19(27)13-3-8-16(17(9-13)25(28)29)24-11-20-10-21-24/h3-12H,1-2H2,(H,22,26)(H,23,27). The average Bonchev–Trinajstić information content (AvgIpc) is 3.43. The lowest BCUT2D eigenvalue weighted by Gasteiger charge is -2.09. The molecule has 0 saturated heterocycles. The van der Waals surface area contributed by atoms with Crippen LogP contribution >= 0.6 is 0 Å². The van der Waals surface area contributed by atoms with Crippen LogP contribution in [0.15, 0.2) is 55.1 Å². The molecule has 1 heterocycles. The molecule has 146 valence electrons. The van der Waals surface area contributed by atoms with Crippen LogP contribution in [0.1, 0.15) is 23.2 Å². The third-order valence-corrected chi connectivity index (χ3v) is 4.46. The van der Waals surface area contributed by atoms with Crippen molar-refractivity contribution in [2.45, 2.75) is 12.8 Å². The summed E-state index contributed by atoms with van der Waals surface area (Å²) < 4.78 is 1.26. The van der Waals surface area contributed by atoms with Crippen molar-refractivity contribution in [1.82, 2.24) is 14.8 Å². The molecule has 1 saturated carbocycles. The average molecular weight is 392 g/mol. The summed E-state index contributed by atoms with van der Waals surface area (Å²) >= 11 is 0. The molecule has 0 unspecified atom stereocenters. The second-order valence-corrected chi connectivity index (χ2v) is 6.60. The first kappa shape index (κ1) is 18.3. The molecule has 10 heteroatoms. The first-order chi connectivity index (χ1) is 14.0. The summed E-state index contributed by atoms with van der Waals surface area (Å²) in [4.78, 5) is 38.9. The van der Waals surface area contributed by atoms with Crippen LogP contribution in [0.5, 0.6) is 0 Å². The number of benzene rings is 2. The molecule has 1 fully saturated rings. The number of hydrogen-bond acceptors (Lipinski definition) is 6. The van der Waals surface area contributed by atoms with E-state index in [0.29, 0.717) is 11.4 Å². The Kier molecular flexibility index (Phi) is 4.73. The Balaban J connectivity index is 1.48. The summed E-state index contributed by atoms with van der Waals surface area (Å²) in [6.07, 6.45) is 4.44. The third-order valence-electron chi connectivity index (χ3n) is 4.46. The summed E-state index contributed by atoms with van der Waals surface area (Å²) in [7, 11) is 0. The maximum Gasteiger partial charge on any atom is 0.295 e. The fourth-order valence-corrected chi connectivity index (χ4v) is 2.77. The highest BCUT2D eigenvalue weighted by atomic mass is 16.6. The largest absolute Gasteiger partial charge is 0.326 e. The maximum absolute atomic E-state index is 12.5. The molecule has 2 amide bonds. The minimum absolute atomic E-state index is 0.00145. The van der Waals surface area contributed by atoms with E-state index in [1.807, 2.05) is 0 Å². The van der Waals surface area contributed by atoms with Gasteiger partial charge < -0.3 is 10.6 Å². The van der Waals surface area contributed by atoms with Gasteiger partial charge in [0.2, 0.25) is 5.91 Å². The lowest BCUT2D eigenvalue weighted by molar-refractivity contribution is -0.384. The Labute approximate surface area is 164 Å². The van der Waals surface area contributed by atoms with E-state index in [1.54, 1.807) is 24.3 Å². The number of aromatic nitrogens is 3. The number of nitro benzene ring substituents is 1. The number of nitrogens with zero attached hydrogens (tertiary/aromatic N) is 4. The minimum Gasteiger partial charge on any atom is -0.326 e. The number of nitrogens with one attached hydrogen (secondary N) is 2. The van der Waals surface area contributed by atoms with E-state index >= 15 is 0 Å². The van der Waals surface area contributed by atoms with Crippen LogP contribution < -0.4 is 10.6 Å². The number of nitro groups is 1. The van der Waals surface area contributed by atoms with Crippen molar-refractivity contribution in [3.05, 3.63) is 70.8 Å². The lowest BCUT2D eigenvalue weighted by atomic mass is 10.1. The van der Waals surface area contributed by atoms with Gasteiger partial charge in [0, 0.05) is 28.9 Å². The monoisotopic (exact) mass is 392 g/mol. The normalized spacial score (nSPS) is 13.0. The van der Waals surface area contributed by atoms with E-state index in [0.717, 1.165) is 12.8 Å². The van der Waals surface area contributed by atoms with Crippen molar-refractivity contribution in [1.29, 1.82) is 0 Å². The van der Waals surface area contributed by atoms with Crippen LogP contribution in [0.2, 0.25) is 0 Å². The van der Waals surface area contributed by atoms with Gasteiger partial charge in [-0.2, -0.15) is 5.10 Å². The van der Waals surface area contributed by atoms with Crippen LogP contribution in [0.25, 0.3) is 5.69 Å². The molecule has 0 bridgehead atoms. The van der Waals surface area contributed by atoms with Crippen molar-refractivity contribution >= 4 is 28.9 Å². The van der Waals surface area contributed by atoms with Crippen molar-refractivity contribution in [3.8, 4) is 5.69 Å². The Hall–Kier alpha value is -4.08. The molecule has 3 aromatic rings. The zero-order valence-corrected chi connectivity index (χ0v) is 15.1. The Morgan fingerprint density at radius 2 is 1.76 bits per heavy atom. The van der Waals surface area contributed by atoms with Crippen LogP contribution in [0.4, 0.5) is 17.1 Å². The van der Waals surface area contributed by atoms with E-state index in [-0.39, 0.29) is 28.8 Å². The fourth-order valence-electron chi connectivity index (χ4n) is 2.77. The summed E-state index contributed by atoms with van der Waals surface area (Å²) in [5.74, 6) is -0.389. The summed E-state index contributed by atoms with van der Waals surface area (Å²) in [5.41, 5.74) is 1.22. The van der Waals surface area contributed by atoms with Gasteiger partial charge in [-0.25, -0.2) is 9.67 Å². The summed E-state index contributed by atoms with van der Waals surface area (Å²) in [5, 5.41) is 20.8. The number of hydrogen-bond donors (Lipinski definition) is 2. The molecule has 0 radical (unpaired) electrons. The highest BCUT2D eigenvalue weighted by Gasteiger charge is 2.29. The van der Waals surface area contributed by atoms with E-state index in [4.69, 9.17) is 0 Å². The molecule has 2 N–H and O–H groups in total. The molecule has 1 aromatic heterocycles. The van der Waals surface area contributed by atoms with Gasteiger partial charge in [-0.05, 0) is 49.2 Å². The first-order valence-electron chi connectivity index (χ1n) is 8.87. The van der Waals surface area contributed by atoms with Gasteiger partial charge in [0.15, 0.2) is 0 Å². The topological polar surface area (TPSA) is 132 Å². The zero-order valence-electron chi connectivity index (χ0n) is 15.1. The predicted octanol–water partition coefficient (Wildman–Crippen LogP) is 2.78. The van der Waals surface area contributed by atoms with Crippen molar-refractivity contribution in [2.75, 3.05) is 10.6 Å². The minimum atomic E-state index is -0.578. The van der Waals surface area contributed by atoms with Crippen molar-refractivity contribution in [2.24, 2.45) is 5.92 Å². The second-order valence-electron chi connectivity index (χ2n) is 6.60. The van der Waals surface area contributed by atoms with Crippen molar-refractivity contribution in [3.63, 3.8) is 0 Å². The number of carbonyl (C=O) groups excluding carboxylic acids is 2. The molecule has 1 aliphatic rings. The summed E-state index contributed by atoms with van der Waals surface area (Å²) in [6.45, 7) is 0. The zero-order chi connectivity index (χ0) is 20.4. The molecule has 0 aliphatic heterocycles. The second kappa shape index (κ2) is 7.50. The fraction of sp³-hybridized carbons (Fsp3) is 0.158. The quantitative estimate of drug-likeness (QED) is 0.490. The molecule has 0 spiro atoms. The van der Waals surface area contributed by atoms with Crippen LogP contribution in [0.3, 0.4) is 0 Å². The van der Waals surface area contributed by atoms with E-state index in [1.165, 1.54) is 35.5 Å². The third kappa shape index (κ3) is 4.10. The predicted molar refractivity (Wildman–Crippen MR) is 104 cm³/mol. The number of amides is 2. The maximum atomic E-state index is 12.5. The Bertz CT molecular complexity index is 1070. The molecular weight excluding hydrogens is 376 g/mol. The molecule has 1 aliphatic carbocycles. The Morgan fingerprint density at radius 3 is 2.34 bits per heavy atom. The highest BCUT2D eigenvalue weighted by molar-refractivity contribution is 6.05. The lowest BCUT2D eigenvalue weighted by Crippen LogP contribution is -2.14. The molecule has 2 aromatic carbocycles. The molecular formula is C19H16N6O4. The van der Waals surface area contributed by atoms with Gasteiger partial charge in [-0.1, -0.05) is 0 Å². The smallest absolute Gasteiger partial charge is 0.295 e. The molecule has 10 nitrogen and oxygen atoms in total. The molecule has 0 atom stereocenters.